The van der Waals surface area contributed by atoms with Crippen LogP contribution in [0.25, 0.3) is 0 Å². The number of carboxylic acids is 1. The van der Waals surface area contributed by atoms with Crippen molar-refractivity contribution >= 4 is 21.7 Å². The number of carbonyl (C=O) groups is 1. The molecule has 1 N–H and O–H groups in total. The second kappa shape index (κ2) is 5.55. The molecule has 0 aromatic heterocycles. The van der Waals surface area contributed by atoms with E-state index in [0.29, 0.717) is 15.4 Å². The molecule has 0 bridgehead atoms. The van der Waals surface area contributed by atoms with E-state index >= 15 is 0 Å². The molecule has 1 aromatic carbocycles. The Kier molecular flexibility index (Phi) is 4.46. The molecular weight excluding hydrogens is 288 g/mol. The number of aliphatic carboxylic acids is 1. The van der Waals surface area contributed by atoms with Gasteiger partial charge >= 0.3 is 5.97 Å². The van der Waals surface area contributed by atoms with Crippen molar-refractivity contribution in [3.8, 4) is 0 Å². The number of likely N-dealkylation sites (N-methyl/N-ethyl adjacent to an activating group) is 1. The lowest BCUT2D eigenvalue weighted by Crippen LogP contribution is -2.32. The molecular formula is C11H14N2O6S. The van der Waals surface area contributed by atoms with Gasteiger partial charge < -0.3 is 5.11 Å². The van der Waals surface area contributed by atoms with Gasteiger partial charge in [-0.1, -0.05) is 0 Å². The van der Waals surface area contributed by atoms with Crippen LogP contribution in [0.1, 0.15) is 11.1 Å². The molecule has 8 nitrogen and oxygen atoms in total. The van der Waals surface area contributed by atoms with E-state index in [1.807, 2.05) is 0 Å². The molecule has 9 heteroatoms. The molecule has 0 heterocycles. The molecule has 0 amide bonds. The van der Waals surface area contributed by atoms with Gasteiger partial charge in [0.05, 0.1) is 4.92 Å². The van der Waals surface area contributed by atoms with E-state index < -0.39 is 38.0 Å². The molecule has 0 radical (unpaired) electrons. The zero-order chi connectivity index (χ0) is 15.7. The number of benzene rings is 1. The van der Waals surface area contributed by atoms with Crippen LogP contribution in [0.15, 0.2) is 17.0 Å². The lowest BCUT2D eigenvalue weighted by molar-refractivity contribution is -0.387. The summed E-state index contributed by atoms with van der Waals surface area (Å²) in [5.74, 6) is -1.34. The molecule has 0 spiro atoms. The van der Waals surface area contributed by atoms with Crippen molar-refractivity contribution in [1.29, 1.82) is 0 Å². The number of rotatable bonds is 5. The highest BCUT2D eigenvalue weighted by atomic mass is 32.2. The number of hydrogen-bond donors (Lipinski definition) is 1. The first-order chi connectivity index (χ1) is 9.07. The fourth-order valence-corrected chi connectivity index (χ4v) is 2.91. The van der Waals surface area contributed by atoms with Crippen LogP contribution in [0.4, 0.5) is 5.69 Å². The topological polar surface area (TPSA) is 118 Å². The van der Waals surface area contributed by atoms with Crippen molar-refractivity contribution in [1.82, 2.24) is 4.31 Å². The summed E-state index contributed by atoms with van der Waals surface area (Å²) in [7, 11) is -3.18. The van der Waals surface area contributed by atoms with Gasteiger partial charge in [-0.25, -0.2) is 8.42 Å². The minimum atomic E-state index is -4.24. The Labute approximate surface area is 115 Å². The Hall–Kier alpha value is -2.00. The summed E-state index contributed by atoms with van der Waals surface area (Å²) in [5, 5.41) is 19.6. The summed E-state index contributed by atoms with van der Waals surface area (Å²) in [6, 6.07) is 2.35. The van der Waals surface area contributed by atoms with E-state index in [4.69, 9.17) is 5.11 Å². The summed E-state index contributed by atoms with van der Waals surface area (Å²) in [6.07, 6.45) is 0. The highest BCUT2D eigenvalue weighted by Crippen LogP contribution is 2.29. The Balaban J connectivity index is 3.48. The molecule has 110 valence electrons. The molecule has 0 unspecified atom stereocenters. The average molecular weight is 302 g/mol. The Bertz CT molecular complexity index is 668. The molecule has 0 aliphatic heterocycles. The minimum Gasteiger partial charge on any atom is -0.480 e. The quantitative estimate of drug-likeness (QED) is 0.638. The summed E-state index contributed by atoms with van der Waals surface area (Å²) >= 11 is 0. The number of nitro benzene ring substituents is 1. The van der Waals surface area contributed by atoms with Gasteiger partial charge in [0.1, 0.15) is 6.54 Å². The zero-order valence-electron chi connectivity index (χ0n) is 11.2. The maximum Gasteiger partial charge on any atom is 0.318 e. The molecule has 0 atom stereocenters. The van der Waals surface area contributed by atoms with E-state index in [1.165, 1.54) is 6.07 Å². The second-order valence-corrected chi connectivity index (χ2v) is 6.33. The second-order valence-electron chi connectivity index (χ2n) is 4.32. The molecule has 0 saturated heterocycles. The monoisotopic (exact) mass is 302 g/mol. The maximum absolute atomic E-state index is 12.2. The zero-order valence-corrected chi connectivity index (χ0v) is 12.0. The lowest BCUT2D eigenvalue weighted by Gasteiger charge is -2.15. The van der Waals surface area contributed by atoms with Crippen molar-refractivity contribution in [2.75, 3.05) is 13.6 Å². The van der Waals surface area contributed by atoms with Crippen LogP contribution in [-0.4, -0.2) is 42.3 Å². The van der Waals surface area contributed by atoms with Crippen molar-refractivity contribution < 1.29 is 23.2 Å². The third-order valence-corrected chi connectivity index (χ3v) is 4.65. The first-order valence-electron chi connectivity index (χ1n) is 5.51. The normalized spacial score (nSPS) is 11.6. The highest BCUT2D eigenvalue weighted by Gasteiger charge is 2.31. The number of hydrogen-bond acceptors (Lipinski definition) is 5. The molecule has 0 aliphatic rings. The van der Waals surface area contributed by atoms with Gasteiger partial charge in [-0.3, -0.25) is 14.9 Å². The predicted molar refractivity (Wildman–Crippen MR) is 70.0 cm³/mol. The van der Waals surface area contributed by atoms with Crippen LogP contribution in [0.5, 0.6) is 0 Å². The van der Waals surface area contributed by atoms with Crippen molar-refractivity contribution in [3.63, 3.8) is 0 Å². The summed E-state index contributed by atoms with van der Waals surface area (Å²) in [5.41, 5.74) is 0.583. The standard InChI is InChI=1S/C11H14N2O6S/c1-7-4-9(13(16)17)10(5-8(7)2)20(18,19)12(3)6-11(14)15/h4-5H,6H2,1-3H3,(H,14,15). The predicted octanol–water partition coefficient (Wildman–Crippen LogP) is 0.917. The van der Waals surface area contributed by atoms with Gasteiger partial charge in [0, 0.05) is 13.1 Å². The SMILES string of the molecule is Cc1cc([N+](=O)[O-])c(S(=O)(=O)N(C)CC(=O)O)cc1C. The van der Waals surface area contributed by atoms with Crippen LogP contribution < -0.4 is 0 Å². The van der Waals surface area contributed by atoms with E-state index in [0.717, 1.165) is 13.1 Å². The Morgan fingerprint density at radius 2 is 1.85 bits per heavy atom. The van der Waals surface area contributed by atoms with Crippen LogP contribution in [-0.2, 0) is 14.8 Å². The van der Waals surface area contributed by atoms with Crippen LogP contribution >= 0.6 is 0 Å². The first-order valence-corrected chi connectivity index (χ1v) is 6.95. The highest BCUT2D eigenvalue weighted by molar-refractivity contribution is 7.89. The molecule has 1 aromatic rings. The van der Waals surface area contributed by atoms with E-state index in [2.05, 4.69) is 0 Å². The van der Waals surface area contributed by atoms with Crippen molar-refractivity contribution in [2.24, 2.45) is 0 Å². The number of sulfonamides is 1. The van der Waals surface area contributed by atoms with Gasteiger partial charge in [0.2, 0.25) is 10.0 Å². The number of nitro groups is 1. The third kappa shape index (κ3) is 3.11. The first kappa shape index (κ1) is 16.1. The van der Waals surface area contributed by atoms with Crippen LogP contribution in [0.3, 0.4) is 0 Å². The van der Waals surface area contributed by atoms with Gasteiger partial charge in [-0.15, -0.1) is 0 Å². The largest absolute Gasteiger partial charge is 0.480 e. The van der Waals surface area contributed by atoms with Gasteiger partial charge in [-0.2, -0.15) is 4.31 Å². The van der Waals surface area contributed by atoms with Gasteiger partial charge in [0.25, 0.3) is 5.69 Å². The minimum absolute atomic E-state index is 0.505. The summed E-state index contributed by atoms with van der Waals surface area (Å²) in [4.78, 5) is 20.3. The third-order valence-electron chi connectivity index (χ3n) is 2.82. The number of nitrogens with zero attached hydrogens (tertiary/aromatic N) is 2. The van der Waals surface area contributed by atoms with Crippen LogP contribution in [0.2, 0.25) is 0 Å². The Morgan fingerprint density at radius 3 is 2.30 bits per heavy atom. The smallest absolute Gasteiger partial charge is 0.318 e. The maximum atomic E-state index is 12.2. The fraction of sp³-hybridized carbons (Fsp3) is 0.364. The van der Waals surface area contributed by atoms with Gasteiger partial charge in [0.15, 0.2) is 4.90 Å². The molecule has 0 fully saturated rings. The summed E-state index contributed by atoms with van der Waals surface area (Å²) in [6.45, 7) is 2.47. The average Bonchev–Trinajstić information content (AvgIpc) is 2.30. The number of aryl methyl sites for hydroxylation is 2. The molecule has 0 saturated carbocycles. The lowest BCUT2D eigenvalue weighted by atomic mass is 10.1. The van der Waals surface area contributed by atoms with Crippen molar-refractivity contribution in [2.45, 2.75) is 18.7 Å². The van der Waals surface area contributed by atoms with Gasteiger partial charge in [-0.05, 0) is 31.0 Å². The fourth-order valence-electron chi connectivity index (χ4n) is 1.57. The van der Waals surface area contributed by atoms with Crippen LogP contribution in [0, 0.1) is 24.0 Å². The molecule has 20 heavy (non-hydrogen) atoms. The van der Waals surface area contributed by atoms with E-state index in [-0.39, 0.29) is 0 Å². The number of carboxylic acid groups (broad SMARTS) is 1. The molecule has 0 aliphatic carbocycles. The Morgan fingerprint density at radius 1 is 1.35 bits per heavy atom. The van der Waals surface area contributed by atoms with E-state index in [9.17, 15) is 23.3 Å². The van der Waals surface area contributed by atoms with E-state index in [1.54, 1.807) is 13.8 Å². The summed E-state index contributed by atoms with van der Waals surface area (Å²) < 4.78 is 25.0. The van der Waals surface area contributed by atoms with Crippen molar-refractivity contribution in [3.05, 3.63) is 33.4 Å². The molecule has 1 rings (SSSR count).